The predicted molar refractivity (Wildman–Crippen MR) is 242 cm³/mol. The number of carbonyl (C=O) groups is 4. The molecule has 4 aliphatic carbocycles. The van der Waals surface area contributed by atoms with Crippen molar-refractivity contribution in [1.29, 1.82) is 0 Å². The fraction of sp³-hybridized carbons (Fsp3) is 0.917. The molecular weight excluding hydrogens is 761 g/mol. The van der Waals surface area contributed by atoms with Gasteiger partial charge in [0.2, 0.25) is 0 Å². The second kappa shape index (κ2) is 30.7. The second-order valence-electron chi connectivity index (χ2n) is 19.6. The summed E-state index contributed by atoms with van der Waals surface area (Å²) in [5.74, 6) is -3.52. The van der Waals surface area contributed by atoms with E-state index < -0.39 is 23.9 Å². The van der Waals surface area contributed by atoms with Gasteiger partial charge in [-0.3, -0.25) is 19.2 Å². The third kappa shape index (κ3) is 21.7. The molecule has 0 aromatic rings. The van der Waals surface area contributed by atoms with Gasteiger partial charge in [-0.05, 0) is 112 Å². The minimum absolute atomic E-state index is 0.269. The van der Waals surface area contributed by atoms with Gasteiger partial charge in [-0.25, -0.2) is 0 Å². The number of rotatable bonds is 22. The zero-order valence-corrected chi connectivity index (χ0v) is 38.5. The molecule has 0 saturated heterocycles. The van der Waals surface area contributed by atoms with E-state index in [1.54, 1.807) is 0 Å². The van der Waals surface area contributed by atoms with Gasteiger partial charge >= 0.3 is 23.9 Å². The van der Waals surface area contributed by atoms with Crippen LogP contribution in [0.4, 0.5) is 0 Å². The van der Waals surface area contributed by atoms with Crippen LogP contribution in [0.1, 0.15) is 207 Å². The summed E-state index contributed by atoms with van der Waals surface area (Å²) in [6, 6.07) is 0. The standard InChI is InChI=1S/C13H25NO2.2C12H23NO2.C11H21NO2/c1-2-13(7-4-3-5-8-13)9-6-11(10-14)12(15)16;1-12(6-3-2-4-7-12)8-5-10(9-13)11(14)15;1-2-12(6-3-4-7-12)8-5-10(9-13)11(14)15;12-8-10(11(13)14)7-6-9-4-2-1-3-5-9/h11H,2-10,14H2,1H3,(H,15,16);2*10H,2-9,13H2,1H3,(H,14,15);9-10H,1-8,12H2,(H,13,14). The molecular formula is C48H92N4O8. The van der Waals surface area contributed by atoms with Gasteiger partial charge in [0.05, 0.1) is 23.7 Å². The molecule has 4 unspecified atom stereocenters. The number of carboxylic acids is 4. The van der Waals surface area contributed by atoms with Crippen molar-refractivity contribution < 1.29 is 39.6 Å². The summed E-state index contributed by atoms with van der Waals surface area (Å²) in [5, 5.41) is 35.6. The molecule has 0 aliphatic heterocycles. The van der Waals surface area contributed by atoms with E-state index in [-0.39, 0.29) is 49.9 Å². The molecule has 12 nitrogen and oxygen atoms in total. The van der Waals surface area contributed by atoms with Crippen LogP contribution < -0.4 is 22.9 Å². The normalized spacial score (nSPS) is 21.5. The maximum Gasteiger partial charge on any atom is 0.307 e. The Morgan fingerprint density at radius 2 is 0.767 bits per heavy atom. The van der Waals surface area contributed by atoms with Crippen LogP contribution in [-0.4, -0.2) is 70.5 Å². The molecule has 0 aromatic carbocycles. The highest BCUT2D eigenvalue weighted by molar-refractivity contribution is 5.71. The lowest BCUT2D eigenvalue weighted by Crippen LogP contribution is -2.28. The highest BCUT2D eigenvalue weighted by Gasteiger charge is 2.34. The molecule has 4 saturated carbocycles. The molecule has 4 atom stereocenters. The Morgan fingerprint density at radius 1 is 0.467 bits per heavy atom. The van der Waals surface area contributed by atoms with E-state index in [4.69, 9.17) is 43.4 Å². The van der Waals surface area contributed by atoms with Gasteiger partial charge in [0.25, 0.3) is 0 Å². The van der Waals surface area contributed by atoms with Gasteiger partial charge in [0, 0.05) is 26.2 Å². The van der Waals surface area contributed by atoms with E-state index in [0.717, 1.165) is 57.3 Å². The SMILES string of the molecule is CC1(CCC(CN)C(=O)O)CCCCC1.CCC1(CCC(CN)C(=O)O)CCCC1.CCC1(CCC(CN)C(=O)O)CCCCC1.NCC(CCC1CCCCC1)C(=O)O. The summed E-state index contributed by atoms with van der Waals surface area (Å²) in [5.41, 5.74) is 23.0. The van der Waals surface area contributed by atoms with Crippen LogP contribution in [0.25, 0.3) is 0 Å². The third-order valence-electron chi connectivity index (χ3n) is 15.5. The van der Waals surface area contributed by atoms with Crippen LogP contribution >= 0.6 is 0 Å². The van der Waals surface area contributed by atoms with Crippen molar-refractivity contribution in [1.82, 2.24) is 0 Å². The first-order valence-corrected chi connectivity index (χ1v) is 24.3. The van der Waals surface area contributed by atoms with Crippen molar-refractivity contribution in [3.05, 3.63) is 0 Å². The molecule has 4 fully saturated rings. The Labute approximate surface area is 364 Å². The fourth-order valence-electron chi connectivity index (χ4n) is 10.4. The van der Waals surface area contributed by atoms with Crippen LogP contribution in [-0.2, 0) is 19.2 Å². The average Bonchev–Trinajstić information content (AvgIpc) is 3.72. The lowest BCUT2D eigenvalue weighted by molar-refractivity contribution is -0.142. The van der Waals surface area contributed by atoms with Gasteiger partial charge < -0.3 is 43.4 Å². The first kappa shape index (κ1) is 55.7. The minimum Gasteiger partial charge on any atom is -0.481 e. The number of nitrogens with two attached hydrogens (primary N) is 4. The van der Waals surface area contributed by atoms with Gasteiger partial charge in [-0.2, -0.15) is 0 Å². The lowest BCUT2D eigenvalue weighted by atomic mass is 9.68. The van der Waals surface area contributed by atoms with E-state index in [1.807, 2.05) is 0 Å². The van der Waals surface area contributed by atoms with E-state index in [1.165, 1.54) is 135 Å². The topological polar surface area (TPSA) is 253 Å². The zero-order chi connectivity index (χ0) is 45.0. The molecule has 0 spiro atoms. The molecule has 4 rings (SSSR count). The molecule has 12 N–H and O–H groups in total. The molecule has 0 radical (unpaired) electrons. The Hall–Kier alpha value is -2.28. The van der Waals surface area contributed by atoms with E-state index in [9.17, 15) is 19.2 Å². The fourth-order valence-corrected chi connectivity index (χ4v) is 10.4. The predicted octanol–water partition coefficient (Wildman–Crippen LogP) is 9.59. The molecule has 352 valence electrons. The van der Waals surface area contributed by atoms with Crippen molar-refractivity contribution in [3.63, 3.8) is 0 Å². The summed E-state index contributed by atoms with van der Waals surface area (Å²) in [7, 11) is 0. The maximum atomic E-state index is 10.9. The largest absolute Gasteiger partial charge is 0.481 e. The van der Waals surface area contributed by atoms with Crippen molar-refractivity contribution >= 4 is 23.9 Å². The van der Waals surface area contributed by atoms with Crippen LogP contribution in [0.5, 0.6) is 0 Å². The highest BCUT2D eigenvalue weighted by Crippen LogP contribution is 2.46. The smallest absolute Gasteiger partial charge is 0.307 e. The summed E-state index contributed by atoms with van der Waals surface area (Å²) < 4.78 is 0. The van der Waals surface area contributed by atoms with Crippen molar-refractivity contribution in [2.75, 3.05) is 26.2 Å². The third-order valence-corrected chi connectivity index (χ3v) is 15.5. The Kier molecular flexibility index (Phi) is 28.5. The quantitative estimate of drug-likeness (QED) is 0.0507. The molecule has 0 heterocycles. The molecule has 0 aromatic heterocycles. The number of hydrogen-bond donors (Lipinski definition) is 8. The monoisotopic (exact) mass is 853 g/mol. The average molecular weight is 853 g/mol. The van der Waals surface area contributed by atoms with Gasteiger partial charge in [0.1, 0.15) is 0 Å². The van der Waals surface area contributed by atoms with E-state index in [2.05, 4.69) is 20.8 Å². The Bertz CT molecular complexity index is 1180. The summed E-state index contributed by atoms with van der Waals surface area (Å²) >= 11 is 0. The molecule has 12 heteroatoms. The summed E-state index contributed by atoms with van der Waals surface area (Å²) in [6.07, 6.45) is 34.3. The van der Waals surface area contributed by atoms with Crippen LogP contribution in [0.15, 0.2) is 0 Å². The molecule has 4 aliphatic rings. The van der Waals surface area contributed by atoms with Crippen molar-refractivity contribution in [3.8, 4) is 0 Å². The van der Waals surface area contributed by atoms with Crippen molar-refractivity contribution in [2.45, 2.75) is 207 Å². The highest BCUT2D eigenvalue weighted by atomic mass is 16.4. The summed E-state index contributed by atoms with van der Waals surface area (Å²) in [4.78, 5) is 43.3. The number of hydrogen-bond acceptors (Lipinski definition) is 8. The van der Waals surface area contributed by atoms with Crippen LogP contribution in [0.2, 0.25) is 0 Å². The van der Waals surface area contributed by atoms with E-state index >= 15 is 0 Å². The molecule has 0 amide bonds. The summed E-state index contributed by atoms with van der Waals surface area (Å²) in [6.45, 7) is 7.85. The molecule has 60 heavy (non-hydrogen) atoms. The van der Waals surface area contributed by atoms with Crippen LogP contribution in [0.3, 0.4) is 0 Å². The maximum absolute atomic E-state index is 10.9. The Balaban J connectivity index is 0.000000400. The number of carboxylic acid groups (broad SMARTS) is 4. The van der Waals surface area contributed by atoms with Crippen LogP contribution in [0, 0.1) is 45.8 Å². The zero-order valence-electron chi connectivity index (χ0n) is 38.5. The molecule has 0 bridgehead atoms. The first-order chi connectivity index (χ1) is 28.6. The van der Waals surface area contributed by atoms with E-state index in [0.29, 0.717) is 16.2 Å². The van der Waals surface area contributed by atoms with Crippen molar-refractivity contribution in [2.24, 2.45) is 68.8 Å². The van der Waals surface area contributed by atoms with Gasteiger partial charge in [-0.15, -0.1) is 0 Å². The lowest BCUT2D eigenvalue weighted by Gasteiger charge is -2.37. The number of aliphatic carboxylic acids is 4. The minimum atomic E-state index is -0.739. The first-order valence-electron chi connectivity index (χ1n) is 24.3. The van der Waals surface area contributed by atoms with Gasteiger partial charge in [0.15, 0.2) is 0 Å². The Morgan fingerprint density at radius 3 is 1.10 bits per heavy atom. The second-order valence-corrected chi connectivity index (χ2v) is 19.6. The van der Waals surface area contributed by atoms with Gasteiger partial charge in [-0.1, -0.05) is 117 Å².